The van der Waals surface area contributed by atoms with E-state index in [-0.39, 0.29) is 5.91 Å². The molecule has 5 nitrogen and oxygen atoms in total. The highest BCUT2D eigenvalue weighted by Gasteiger charge is 2.20. The SMILES string of the molecule is CN(C)CCCNCCC(=O)N1CCN(c2cccc(Cl)c2)CC1. The highest BCUT2D eigenvalue weighted by atomic mass is 35.5. The molecule has 24 heavy (non-hydrogen) atoms. The second-order valence-corrected chi connectivity index (χ2v) is 6.94. The van der Waals surface area contributed by atoms with Gasteiger partial charge in [-0.15, -0.1) is 0 Å². The second-order valence-electron chi connectivity index (χ2n) is 6.50. The molecule has 1 heterocycles. The summed E-state index contributed by atoms with van der Waals surface area (Å²) in [6.45, 7) is 6.10. The number of nitrogens with zero attached hydrogens (tertiary/aromatic N) is 3. The topological polar surface area (TPSA) is 38.8 Å². The molecular formula is C18H29ClN4O. The molecule has 1 aliphatic heterocycles. The van der Waals surface area contributed by atoms with E-state index in [0.717, 1.165) is 62.9 Å². The molecule has 0 radical (unpaired) electrons. The van der Waals surface area contributed by atoms with E-state index in [1.807, 2.05) is 23.1 Å². The van der Waals surface area contributed by atoms with Gasteiger partial charge in [0.25, 0.3) is 0 Å². The number of halogens is 1. The van der Waals surface area contributed by atoms with Crippen molar-refractivity contribution in [1.29, 1.82) is 0 Å². The zero-order chi connectivity index (χ0) is 17.4. The number of piperazine rings is 1. The van der Waals surface area contributed by atoms with Crippen LogP contribution in [0.25, 0.3) is 0 Å². The number of carbonyl (C=O) groups is 1. The highest BCUT2D eigenvalue weighted by molar-refractivity contribution is 6.30. The summed E-state index contributed by atoms with van der Waals surface area (Å²) in [5, 5.41) is 4.11. The van der Waals surface area contributed by atoms with Crippen LogP contribution >= 0.6 is 11.6 Å². The van der Waals surface area contributed by atoms with E-state index in [0.29, 0.717) is 6.42 Å². The van der Waals surface area contributed by atoms with Crippen LogP contribution in [0.15, 0.2) is 24.3 Å². The average Bonchev–Trinajstić information content (AvgIpc) is 2.57. The molecule has 0 aliphatic carbocycles. The average molecular weight is 353 g/mol. The smallest absolute Gasteiger partial charge is 0.223 e. The molecule has 1 N–H and O–H groups in total. The van der Waals surface area contributed by atoms with Crippen LogP contribution in [0.4, 0.5) is 5.69 Å². The summed E-state index contributed by atoms with van der Waals surface area (Å²) in [6.07, 6.45) is 1.69. The Morgan fingerprint density at radius 3 is 2.62 bits per heavy atom. The molecule has 1 saturated heterocycles. The van der Waals surface area contributed by atoms with Crippen molar-refractivity contribution >= 4 is 23.2 Å². The lowest BCUT2D eigenvalue weighted by atomic mass is 10.2. The lowest BCUT2D eigenvalue weighted by Crippen LogP contribution is -2.49. The summed E-state index contributed by atoms with van der Waals surface area (Å²) in [4.78, 5) is 18.7. The number of rotatable bonds is 8. The highest BCUT2D eigenvalue weighted by Crippen LogP contribution is 2.20. The van der Waals surface area contributed by atoms with Gasteiger partial charge in [0, 0.05) is 49.9 Å². The van der Waals surface area contributed by atoms with E-state index in [1.165, 1.54) is 0 Å². The van der Waals surface area contributed by atoms with E-state index in [9.17, 15) is 4.79 Å². The molecule has 0 saturated carbocycles. The van der Waals surface area contributed by atoms with E-state index in [4.69, 9.17) is 11.6 Å². The summed E-state index contributed by atoms with van der Waals surface area (Å²) in [5.74, 6) is 0.251. The summed E-state index contributed by atoms with van der Waals surface area (Å²) in [5.41, 5.74) is 1.14. The number of hydrogen-bond acceptors (Lipinski definition) is 4. The van der Waals surface area contributed by atoms with Crippen LogP contribution in [0.2, 0.25) is 5.02 Å². The zero-order valence-electron chi connectivity index (χ0n) is 14.8. The predicted octanol–water partition coefficient (Wildman–Crippen LogP) is 1.92. The summed E-state index contributed by atoms with van der Waals surface area (Å²) in [7, 11) is 4.15. The van der Waals surface area contributed by atoms with E-state index in [2.05, 4.69) is 35.3 Å². The van der Waals surface area contributed by atoms with Gasteiger partial charge >= 0.3 is 0 Å². The van der Waals surface area contributed by atoms with Crippen molar-refractivity contribution in [1.82, 2.24) is 15.1 Å². The van der Waals surface area contributed by atoms with Gasteiger partial charge in [-0.3, -0.25) is 4.79 Å². The maximum Gasteiger partial charge on any atom is 0.223 e. The maximum absolute atomic E-state index is 12.3. The Hall–Kier alpha value is -1.30. The summed E-state index contributed by atoms with van der Waals surface area (Å²) >= 11 is 6.05. The lowest BCUT2D eigenvalue weighted by Gasteiger charge is -2.36. The molecule has 0 spiro atoms. The van der Waals surface area contributed by atoms with Crippen LogP contribution in [-0.4, -0.2) is 75.6 Å². The lowest BCUT2D eigenvalue weighted by molar-refractivity contribution is -0.131. The third kappa shape index (κ3) is 6.30. The summed E-state index contributed by atoms with van der Waals surface area (Å²) < 4.78 is 0. The van der Waals surface area contributed by atoms with Crippen molar-refractivity contribution < 1.29 is 4.79 Å². The molecular weight excluding hydrogens is 324 g/mol. The quantitative estimate of drug-likeness (QED) is 0.725. The summed E-state index contributed by atoms with van der Waals surface area (Å²) in [6, 6.07) is 7.91. The molecule has 134 valence electrons. The van der Waals surface area contributed by atoms with Crippen LogP contribution in [-0.2, 0) is 4.79 Å². The number of amides is 1. The van der Waals surface area contributed by atoms with Gasteiger partial charge < -0.3 is 20.0 Å². The minimum absolute atomic E-state index is 0.251. The Bertz CT molecular complexity index is 515. The molecule has 1 amide bonds. The van der Waals surface area contributed by atoms with Gasteiger partial charge in [0.05, 0.1) is 0 Å². The Balaban J connectivity index is 1.64. The first-order valence-electron chi connectivity index (χ1n) is 8.70. The first-order chi connectivity index (χ1) is 11.6. The molecule has 1 fully saturated rings. The predicted molar refractivity (Wildman–Crippen MR) is 101 cm³/mol. The van der Waals surface area contributed by atoms with Crippen molar-refractivity contribution in [3.63, 3.8) is 0 Å². The van der Waals surface area contributed by atoms with Crippen LogP contribution in [0.3, 0.4) is 0 Å². The van der Waals surface area contributed by atoms with Crippen molar-refractivity contribution in [2.75, 3.05) is 64.8 Å². The number of carbonyl (C=O) groups excluding carboxylic acids is 1. The third-order valence-corrected chi connectivity index (χ3v) is 4.52. The normalized spacial score (nSPS) is 15.2. The fraction of sp³-hybridized carbons (Fsp3) is 0.611. The Kier molecular flexibility index (Phi) is 7.82. The van der Waals surface area contributed by atoms with Gasteiger partial charge in [-0.2, -0.15) is 0 Å². The fourth-order valence-corrected chi connectivity index (χ4v) is 3.07. The maximum atomic E-state index is 12.3. The van der Waals surface area contributed by atoms with Crippen molar-refractivity contribution in [2.24, 2.45) is 0 Å². The van der Waals surface area contributed by atoms with Crippen molar-refractivity contribution in [3.05, 3.63) is 29.3 Å². The zero-order valence-corrected chi connectivity index (χ0v) is 15.6. The first kappa shape index (κ1) is 19.0. The standard InChI is InChI=1S/C18H29ClN4O/c1-21(2)10-4-8-20-9-7-18(24)23-13-11-22(12-14-23)17-6-3-5-16(19)15-17/h3,5-6,15,20H,4,7-14H2,1-2H3. The van der Waals surface area contributed by atoms with Gasteiger partial charge in [-0.1, -0.05) is 17.7 Å². The van der Waals surface area contributed by atoms with Gasteiger partial charge in [0.1, 0.15) is 0 Å². The minimum atomic E-state index is 0.251. The van der Waals surface area contributed by atoms with Gasteiger partial charge in [-0.05, 0) is 51.8 Å². The first-order valence-corrected chi connectivity index (χ1v) is 9.08. The van der Waals surface area contributed by atoms with Crippen molar-refractivity contribution in [3.8, 4) is 0 Å². The molecule has 1 aliphatic rings. The third-order valence-electron chi connectivity index (χ3n) is 4.28. The van der Waals surface area contributed by atoms with Crippen LogP contribution < -0.4 is 10.2 Å². The number of benzene rings is 1. The Morgan fingerprint density at radius 1 is 1.21 bits per heavy atom. The van der Waals surface area contributed by atoms with E-state index in [1.54, 1.807) is 0 Å². The molecule has 0 aromatic heterocycles. The fourth-order valence-electron chi connectivity index (χ4n) is 2.89. The second kappa shape index (κ2) is 9.87. The Labute approximate surface area is 150 Å². The molecule has 6 heteroatoms. The van der Waals surface area contributed by atoms with E-state index < -0.39 is 0 Å². The molecule has 2 rings (SSSR count). The number of nitrogens with one attached hydrogen (secondary N) is 1. The number of hydrogen-bond donors (Lipinski definition) is 1. The van der Waals surface area contributed by atoms with Crippen LogP contribution in [0.5, 0.6) is 0 Å². The van der Waals surface area contributed by atoms with Gasteiger partial charge in [0.15, 0.2) is 0 Å². The molecule has 0 atom stereocenters. The monoisotopic (exact) mass is 352 g/mol. The molecule has 0 unspecified atom stereocenters. The van der Waals surface area contributed by atoms with Gasteiger partial charge in [-0.25, -0.2) is 0 Å². The van der Waals surface area contributed by atoms with Crippen LogP contribution in [0.1, 0.15) is 12.8 Å². The van der Waals surface area contributed by atoms with E-state index >= 15 is 0 Å². The molecule has 0 bridgehead atoms. The largest absolute Gasteiger partial charge is 0.368 e. The molecule has 1 aromatic carbocycles. The Morgan fingerprint density at radius 2 is 1.96 bits per heavy atom. The van der Waals surface area contributed by atoms with Crippen molar-refractivity contribution in [2.45, 2.75) is 12.8 Å². The number of anilines is 1. The molecule has 1 aromatic rings. The van der Waals surface area contributed by atoms with Gasteiger partial charge in [0.2, 0.25) is 5.91 Å². The minimum Gasteiger partial charge on any atom is -0.368 e. The van der Waals surface area contributed by atoms with Crippen LogP contribution in [0, 0.1) is 0 Å².